The molecular formula is C18H18O5. The van der Waals surface area contributed by atoms with Crippen molar-refractivity contribution in [2.45, 2.75) is 19.8 Å². The number of esters is 1. The summed E-state index contributed by atoms with van der Waals surface area (Å²) in [5, 5.41) is 0. The molecule has 120 valence electrons. The highest BCUT2D eigenvalue weighted by molar-refractivity contribution is 5.93. The van der Waals surface area contributed by atoms with Crippen LogP contribution in [0.25, 0.3) is 0 Å². The second-order valence-electron chi connectivity index (χ2n) is 4.84. The van der Waals surface area contributed by atoms with Crippen LogP contribution >= 0.6 is 0 Å². The molecule has 0 heterocycles. The van der Waals surface area contributed by atoms with Crippen LogP contribution in [0, 0.1) is 0 Å². The van der Waals surface area contributed by atoms with Crippen molar-refractivity contribution < 1.29 is 23.8 Å². The Hall–Kier alpha value is -2.82. The topological polar surface area (TPSA) is 61.8 Å². The van der Waals surface area contributed by atoms with E-state index in [1.807, 2.05) is 12.1 Å². The predicted octanol–water partition coefficient (Wildman–Crippen LogP) is 4.00. The van der Waals surface area contributed by atoms with Crippen LogP contribution in [0.4, 0.5) is 4.79 Å². The highest BCUT2D eigenvalue weighted by Gasteiger charge is 2.16. The first-order valence-corrected chi connectivity index (χ1v) is 7.30. The third-order valence-corrected chi connectivity index (χ3v) is 3.15. The Morgan fingerprint density at radius 2 is 1.65 bits per heavy atom. The van der Waals surface area contributed by atoms with Gasteiger partial charge in [-0.05, 0) is 36.2 Å². The molecule has 0 fully saturated rings. The third kappa shape index (κ3) is 4.57. The van der Waals surface area contributed by atoms with Crippen molar-refractivity contribution in [3.63, 3.8) is 0 Å². The lowest BCUT2D eigenvalue weighted by Crippen LogP contribution is -2.16. The Morgan fingerprint density at radius 3 is 2.30 bits per heavy atom. The zero-order chi connectivity index (χ0) is 16.7. The molecule has 2 rings (SSSR count). The van der Waals surface area contributed by atoms with E-state index in [0.29, 0.717) is 5.75 Å². The molecule has 0 saturated heterocycles. The van der Waals surface area contributed by atoms with Crippen molar-refractivity contribution in [3.8, 4) is 11.5 Å². The highest BCUT2D eigenvalue weighted by Crippen LogP contribution is 2.20. The van der Waals surface area contributed by atoms with Gasteiger partial charge in [0.1, 0.15) is 17.1 Å². The standard InChI is InChI=1S/C18H18O5/c1-3-6-13-9-11-14(12-10-13)22-18(20)23-16-8-5-4-7-15(16)17(19)21-2/h4-5,7-12H,3,6H2,1-2H3. The molecule has 0 aromatic heterocycles. The lowest BCUT2D eigenvalue weighted by Gasteiger charge is -2.09. The summed E-state index contributed by atoms with van der Waals surface area (Å²) >= 11 is 0. The summed E-state index contributed by atoms with van der Waals surface area (Å²) in [7, 11) is 1.26. The van der Waals surface area contributed by atoms with Crippen LogP contribution in [-0.4, -0.2) is 19.2 Å². The van der Waals surface area contributed by atoms with Gasteiger partial charge in [0.15, 0.2) is 0 Å². The molecule has 5 nitrogen and oxygen atoms in total. The number of ether oxygens (including phenoxy) is 3. The Bertz CT molecular complexity index is 676. The van der Waals surface area contributed by atoms with E-state index >= 15 is 0 Å². The second kappa shape index (κ2) is 7.98. The number of hydrogen-bond acceptors (Lipinski definition) is 5. The number of aryl methyl sites for hydroxylation is 1. The van der Waals surface area contributed by atoms with E-state index in [1.165, 1.54) is 24.8 Å². The van der Waals surface area contributed by atoms with E-state index in [9.17, 15) is 9.59 Å². The minimum atomic E-state index is -0.912. The van der Waals surface area contributed by atoms with Crippen LogP contribution in [0.1, 0.15) is 29.3 Å². The number of rotatable bonds is 5. The van der Waals surface area contributed by atoms with Gasteiger partial charge in [-0.2, -0.15) is 0 Å². The molecule has 0 saturated carbocycles. The van der Waals surface area contributed by atoms with Crippen LogP contribution in [0.2, 0.25) is 0 Å². The zero-order valence-electron chi connectivity index (χ0n) is 13.1. The monoisotopic (exact) mass is 314 g/mol. The Kier molecular flexibility index (Phi) is 5.74. The van der Waals surface area contributed by atoms with Gasteiger partial charge >= 0.3 is 12.1 Å². The molecule has 0 aliphatic heterocycles. The third-order valence-electron chi connectivity index (χ3n) is 3.15. The fourth-order valence-electron chi connectivity index (χ4n) is 2.05. The number of hydrogen-bond donors (Lipinski definition) is 0. The minimum Gasteiger partial charge on any atom is -0.465 e. The summed E-state index contributed by atoms with van der Waals surface area (Å²) in [5.41, 5.74) is 1.33. The van der Waals surface area contributed by atoms with Gasteiger partial charge in [0.25, 0.3) is 0 Å². The summed E-state index contributed by atoms with van der Waals surface area (Å²) in [6.07, 6.45) is 1.11. The van der Waals surface area contributed by atoms with Crippen molar-refractivity contribution in [1.29, 1.82) is 0 Å². The average molecular weight is 314 g/mol. The quantitative estimate of drug-likeness (QED) is 0.616. The number of carbonyl (C=O) groups excluding carboxylic acids is 2. The minimum absolute atomic E-state index is 0.0898. The normalized spacial score (nSPS) is 10.0. The lowest BCUT2D eigenvalue weighted by atomic mass is 10.1. The summed E-state index contributed by atoms with van der Waals surface area (Å²) < 4.78 is 14.8. The number of benzene rings is 2. The van der Waals surface area contributed by atoms with Gasteiger partial charge in [-0.25, -0.2) is 9.59 Å². The van der Waals surface area contributed by atoms with Gasteiger partial charge < -0.3 is 14.2 Å². The molecule has 0 aliphatic rings. The van der Waals surface area contributed by atoms with Crippen LogP contribution < -0.4 is 9.47 Å². The van der Waals surface area contributed by atoms with Gasteiger partial charge in [-0.15, -0.1) is 0 Å². The summed E-state index contributed by atoms with van der Waals surface area (Å²) in [6, 6.07) is 13.5. The van der Waals surface area contributed by atoms with Gasteiger partial charge in [0.05, 0.1) is 7.11 Å². The van der Waals surface area contributed by atoms with Crippen LogP contribution in [0.3, 0.4) is 0 Å². The van der Waals surface area contributed by atoms with Crippen molar-refractivity contribution in [3.05, 3.63) is 59.7 Å². The molecule has 0 N–H and O–H groups in total. The number of para-hydroxylation sites is 1. The first kappa shape index (κ1) is 16.5. The van der Waals surface area contributed by atoms with Gasteiger partial charge in [0, 0.05) is 0 Å². The van der Waals surface area contributed by atoms with E-state index in [2.05, 4.69) is 11.7 Å². The fraction of sp³-hybridized carbons (Fsp3) is 0.222. The van der Waals surface area contributed by atoms with E-state index in [-0.39, 0.29) is 11.3 Å². The first-order valence-electron chi connectivity index (χ1n) is 7.30. The first-order chi connectivity index (χ1) is 11.1. The fourth-order valence-corrected chi connectivity index (χ4v) is 2.05. The van der Waals surface area contributed by atoms with E-state index in [0.717, 1.165) is 12.8 Å². The van der Waals surface area contributed by atoms with E-state index in [1.54, 1.807) is 24.3 Å². The molecule has 0 aliphatic carbocycles. The highest BCUT2D eigenvalue weighted by atomic mass is 16.7. The maximum absolute atomic E-state index is 11.9. The smallest absolute Gasteiger partial charge is 0.465 e. The molecule has 0 radical (unpaired) electrons. The molecule has 0 spiro atoms. The molecule has 2 aromatic rings. The van der Waals surface area contributed by atoms with E-state index in [4.69, 9.17) is 9.47 Å². The Labute approximate surface area is 134 Å². The molecule has 2 aromatic carbocycles. The van der Waals surface area contributed by atoms with E-state index < -0.39 is 12.1 Å². The Balaban J connectivity index is 2.04. The largest absolute Gasteiger partial charge is 0.519 e. The van der Waals surface area contributed by atoms with Crippen LogP contribution in [0.5, 0.6) is 11.5 Å². The maximum atomic E-state index is 11.9. The molecule has 0 unspecified atom stereocenters. The van der Waals surface area contributed by atoms with Gasteiger partial charge in [-0.3, -0.25) is 0 Å². The molecule has 5 heteroatoms. The number of methoxy groups -OCH3 is 1. The van der Waals surface area contributed by atoms with Gasteiger partial charge in [-0.1, -0.05) is 37.6 Å². The molecular weight excluding hydrogens is 296 g/mol. The second-order valence-corrected chi connectivity index (χ2v) is 4.84. The molecule has 23 heavy (non-hydrogen) atoms. The summed E-state index contributed by atoms with van der Waals surface area (Å²) in [5.74, 6) is -0.116. The van der Waals surface area contributed by atoms with Crippen LogP contribution in [-0.2, 0) is 11.2 Å². The zero-order valence-corrected chi connectivity index (χ0v) is 13.1. The van der Waals surface area contributed by atoms with Crippen molar-refractivity contribution >= 4 is 12.1 Å². The molecule has 0 bridgehead atoms. The maximum Gasteiger partial charge on any atom is 0.519 e. The lowest BCUT2D eigenvalue weighted by molar-refractivity contribution is 0.0597. The SMILES string of the molecule is CCCc1ccc(OC(=O)Oc2ccccc2C(=O)OC)cc1. The Morgan fingerprint density at radius 1 is 0.957 bits per heavy atom. The molecule has 0 atom stereocenters. The van der Waals surface area contributed by atoms with Crippen molar-refractivity contribution in [2.24, 2.45) is 0 Å². The molecule has 0 amide bonds. The predicted molar refractivity (Wildman–Crippen MR) is 84.9 cm³/mol. The van der Waals surface area contributed by atoms with Crippen molar-refractivity contribution in [2.75, 3.05) is 7.11 Å². The summed E-state index contributed by atoms with van der Waals surface area (Å²) in [6.45, 7) is 2.10. The van der Waals surface area contributed by atoms with Crippen LogP contribution in [0.15, 0.2) is 48.5 Å². The van der Waals surface area contributed by atoms with Gasteiger partial charge in [0.2, 0.25) is 0 Å². The summed E-state index contributed by atoms with van der Waals surface area (Å²) in [4.78, 5) is 23.5. The average Bonchev–Trinajstić information content (AvgIpc) is 2.56. The van der Waals surface area contributed by atoms with Crippen molar-refractivity contribution in [1.82, 2.24) is 0 Å². The number of carbonyl (C=O) groups is 2.